The number of ether oxygens (including phenoxy) is 1. The zero-order valence-electron chi connectivity index (χ0n) is 18.7. The quantitative estimate of drug-likeness (QED) is 0.670. The van der Waals surface area contributed by atoms with E-state index in [1.54, 1.807) is 0 Å². The summed E-state index contributed by atoms with van der Waals surface area (Å²) < 4.78 is 11.1. The lowest BCUT2D eigenvalue weighted by Crippen LogP contribution is -2.45. The van der Waals surface area contributed by atoms with Gasteiger partial charge in [-0.15, -0.1) is 0 Å². The average molecular weight is 424 g/mol. The Morgan fingerprint density at radius 2 is 2.00 bits per heavy atom. The van der Waals surface area contributed by atoms with Crippen LogP contribution in [0.1, 0.15) is 60.9 Å². The fourth-order valence-corrected chi connectivity index (χ4v) is 3.94. The van der Waals surface area contributed by atoms with Crippen molar-refractivity contribution >= 4 is 22.8 Å². The van der Waals surface area contributed by atoms with Crippen molar-refractivity contribution in [2.24, 2.45) is 0 Å². The summed E-state index contributed by atoms with van der Waals surface area (Å²) in [6.45, 7) is 12.0. The van der Waals surface area contributed by atoms with E-state index in [9.17, 15) is 4.79 Å². The third-order valence-electron chi connectivity index (χ3n) is 5.48. The Hall–Kier alpha value is -3.00. The summed E-state index contributed by atoms with van der Waals surface area (Å²) in [5, 5.41) is 7.63. The van der Waals surface area contributed by atoms with Crippen LogP contribution in [0.25, 0.3) is 11.1 Å². The highest BCUT2D eigenvalue weighted by atomic mass is 16.5. The lowest BCUT2D eigenvalue weighted by atomic mass is 10.0. The molecule has 0 saturated carbocycles. The van der Waals surface area contributed by atoms with Gasteiger partial charge in [-0.25, -0.2) is 9.97 Å². The minimum Gasteiger partial charge on any atom is -0.372 e. The number of fused-ring (bicyclic) bond motifs is 1. The van der Waals surface area contributed by atoms with Crippen LogP contribution in [0, 0.1) is 6.92 Å². The predicted octanol–water partition coefficient (Wildman–Crippen LogP) is 3.59. The van der Waals surface area contributed by atoms with E-state index in [2.05, 4.69) is 39.2 Å². The Labute approximate surface area is 182 Å². The molecule has 31 heavy (non-hydrogen) atoms. The number of hydrogen-bond donors (Lipinski definition) is 1. The van der Waals surface area contributed by atoms with Crippen molar-refractivity contribution in [3.05, 3.63) is 46.9 Å². The van der Waals surface area contributed by atoms with Gasteiger partial charge in [-0.1, -0.05) is 25.1 Å². The van der Waals surface area contributed by atoms with Gasteiger partial charge < -0.3 is 19.5 Å². The highest BCUT2D eigenvalue weighted by molar-refractivity contribution is 6.06. The van der Waals surface area contributed by atoms with Crippen molar-refractivity contribution in [2.45, 2.75) is 59.3 Å². The van der Waals surface area contributed by atoms with Crippen LogP contribution in [-0.2, 0) is 11.3 Å². The maximum atomic E-state index is 13.0. The molecule has 4 rings (SSSR count). The first-order chi connectivity index (χ1) is 14.8. The second kappa shape index (κ2) is 8.63. The average Bonchev–Trinajstić information content (AvgIpc) is 3.12. The minimum atomic E-state index is -0.180. The molecule has 1 saturated heterocycles. The van der Waals surface area contributed by atoms with Crippen LogP contribution in [0.5, 0.6) is 0 Å². The van der Waals surface area contributed by atoms with Crippen molar-refractivity contribution in [1.29, 1.82) is 0 Å². The summed E-state index contributed by atoms with van der Waals surface area (Å²) in [5.74, 6) is 0.916. The molecule has 0 radical (unpaired) electrons. The van der Waals surface area contributed by atoms with Gasteiger partial charge in [0.05, 0.1) is 28.9 Å². The maximum absolute atomic E-state index is 13.0. The normalized spacial score (nSPS) is 19.2. The number of carbonyl (C=O) groups excluding carboxylic acids is 1. The highest BCUT2D eigenvalue weighted by Gasteiger charge is 2.23. The van der Waals surface area contributed by atoms with Crippen LogP contribution >= 0.6 is 0 Å². The van der Waals surface area contributed by atoms with Crippen LogP contribution in [0.4, 0.5) is 5.82 Å². The number of aryl methyl sites for hydroxylation is 1. The summed E-state index contributed by atoms with van der Waals surface area (Å²) in [7, 11) is 0. The number of morpholine rings is 1. The first-order valence-electron chi connectivity index (χ1n) is 10.7. The smallest absolute Gasteiger partial charge is 0.259 e. The molecule has 3 aromatic rings. The Balaban J connectivity index is 1.47. The molecule has 0 bridgehead atoms. The second-order valence-corrected chi connectivity index (χ2v) is 8.57. The van der Waals surface area contributed by atoms with Crippen molar-refractivity contribution in [1.82, 2.24) is 20.4 Å². The number of pyridine rings is 2. The molecular formula is C23H29N5O3. The number of rotatable bonds is 5. The SMILES string of the molecule is Cc1noc2nc(C(C)C)cc(C(=O)NCc3ccc(N4CC(C)OC(C)C4)nc3)c12. The molecule has 1 aliphatic heterocycles. The molecule has 8 heteroatoms. The summed E-state index contributed by atoms with van der Waals surface area (Å²) in [6.07, 6.45) is 2.17. The highest BCUT2D eigenvalue weighted by Crippen LogP contribution is 2.25. The van der Waals surface area contributed by atoms with Gasteiger partial charge >= 0.3 is 0 Å². The molecule has 0 aromatic carbocycles. The van der Waals surface area contributed by atoms with Crippen LogP contribution in [0.2, 0.25) is 0 Å². The zero-order valence-corrected chi connectivity index (χ0v) is 18.7. The molecule has 1 fully saturated rings. The van der Waals surface area contributed by atoms with Gasteiger partial charge in [0.15, 0.2) is 0 Å². The Bertz CT molecular complexity index is 1070. The van der Waals surface area contributed by atoms with Gasteiger partial charge in [-0.05, 0) is 44.4 Å². The van der Waals surface area contributed by atoms with E-state index in [0.29, 0.717) is 28.9 Å². The van der Waals surface area contributed by atoms with Gasteiger partial charge in [0.25, 0.3) is 11.6 Å². The van der Waals surface area contributed by atoms with E-state index < -0.39 is 0 Å². The molecule has 1 aliphatic rings. The molecule has 1 N–H and O–H groups in total. The number of amides is 1. The van der Waals surface area contributed by atoms with Crippen molar-refractivity contribution in [2.75, 3.05) is 18.0 Å². The predicted molar refractivity (Wildman–Crippen MR) is 118 cm³/mol. The second-order valence-electron chi connectivity index (χ2n) is 8.57. The summed E-state index contributed by atoms with van der Waals surface area (Å²) in [5.41, 5.74) is 3.32. The number of nitrogens with one attached hydrogen (secondary N) is 1. The summed E-state index contributed by atoms with van der Waals surface area (Å²) >= 11 is 0. The molecule has 1 amide bonds. The van der Waals surface area contributed by atoms with E-state index in [1.807, 2.05) is 45.2 Å². The Morgan fingerprint density at radius 1 is 1.26 bits per heavy atom. The number of nitrogens with zero attached hydrogens (tertiary/aromatic N) is 4. The lowest BCUT2D eigenvalue weighted by molar-refractivity contribution is -0.00546. The fourth-order valence-electron chi connectivity index (χ4n) is 3.94. The van der Waals surface area contributed by atoms with E-state index in [0.717, 1.165) is 30.2 Å². The monoisotopic (exact) mass is 423 g/mol. The fraction of sp³-hybridized carbons (Fsp3) is 0.478. The summed E-state index contributed by atoms with van der Waals surface area (Å²) in [4.78, 5) is 24.3. The van der Waals surface area contributed by atoms with Crippen molar-refractivity contribution < 1.29 is 14.1 Å². The number of anilines is 1. The molecule has 0 aliphatic carbocycles. The summed E-state index contributed by atoms with van der Waals surface area (Å²) in [6, 6.07) is 5.83. The number of carbonyl (C=O) groups is 1. The first kappa shape index (κ1) is 21.2. The van der Waals surface area contributed by atoms with Crippen LogP contribution in [0.3, 0.4) is 0 Å². The third kappa shape index (κ3) is 4.54. The van der Waals surface area contributed by atoms with E-state index in [-0.39, 0.29) is 24.0 Å². The molecule has 8 nitrogen and oxygen atoms in total. The molecule has 3 aromatic heterocycles. The first-order valence-corrected chi connectivity index (χ1v) is 10.7. The Morgan fingerprint density at radius 3 is 2.65 bits per heavy atom. The molecule has 164 valence electrons. The topological polar surface area (TPSA) is 93.4 Å². The maximum Gasteiger partial charge on any atom is 0.259 e. The molecule has 0 spiro atoms. The van der Waals surface area contributed by atoms with Gasteiger partial charge in [0.2, 0.25) is 0 Å². The van der Waals surface area contributed by atoms with Crippen LogP contribution in [0.15, 0.2) is 28.9 Å². The minimum absolute atomic E-state index is 0.170. The molecule has 2 atom stereocenters. The molecule has 2 unspecified atom stereocenters. The zero-order chi connectivity index (χ0) is 22.1. The number of hydrogen-bond acceptors (Lipinski definition) is 7. The standard InChI is InChI=1S/C23H29N5O3/c1-13(2)19-8-18(21-16(5)27-31-23(21)26-19)22(29)25-10-17-6-7-20(24-9-17)28-11-14(3)30-15(4)12-28/h6-9,13-15H,10-12H2,1-5H3,(H,25,29). The lowest BCUT2D eigenvalue weighted by Gasteiger charge is -2.36. The number of aromatic nitrogens is 3. The van der Waals surface area contributed by atoms with Gasteiger partial charge in [0, 0.05) is 31.5 Å². The van der Waals surface area contributed by atoms with E-state index in [1.165, 1.54) is 0 Å². The van der Waals surface area contributed by atoms with E-state index >= 15 is 0 Å². The van der Waals surface area contributed by atoms with Crippen molar-refractivity contribution in [3.63, 3.8) is 0 Å². The third-order valence-corrected chi connectivity index (χ3v) is 5.48. The van der Waals surface area contributed by atoms with Gasteiger partial charge in [-0.3, -0.25) is 4.79 Å². The van der Waals surface area contributed by atoms with Crippen LogP contribution in [-0.4, -0.2) is 46.3 Å². The largest absolute Gasteiger partial charge is 0.372 e. The van der Waals surface area contributed by atoms with Gasteiger partial charge in [-0.2, -0.15) is 0 Å². The Kier molecular flexibility index (Phi) is 5.91. The van der Waals surface area contributed by atoms with Crippen LogP contribution < -0.4 is 10.2 Å². The van der Waals surface area contributed by atoms with Crippen molar-refractivity contribution in [3.8, 4) is 0 Å². The van der Waals surface area contributed by atoms with E-state index in [4.69, 9.17) is 9.26 Å². The van der Waals surface area contributed by atoms with Gasteiger partial charge in [0.1, 0.15) is 5.82 Å². The molecular weight excluding hydrogens is 394 g/mol. The molecule has 4 heterocycles.